The van der Waals surface area contributed by atoms with Crippen molar-refractivity contribution in [3.05, 3.63) is 27.4 Å². The van der Waals surface area contributed by atoms with Crippen molar-refractivity contribution in [2.24, 2.45) is 5.92 Å². The molecule has 1 aromatic heterocycles. The van der Waals surface area contributed by atoms with E-state index in [0.717, 1.165) is 37.2 Å². The first-order chi connectivity index (χ1) is 8.24. The molecule has 1 aliphatic heterocycles. The normalized spacial score (nSPS) is 28.1. The second kappa shape index (κ2) is 4.26. The molecule has 17 heavy (non-hydrogen) atoms. The van der Waals surface area contributed by atoms with E-state index in [1.165, 1.54) is 18.4 Å². The number of hydrogen-bond donors (Lipinski definition) is 2. The third kappa shape index (κ3) is 2.02. The maximum Gasteiger partial charge on any atom is 0.345 e. The first kappa shape index (κ1) is 11.0. The van der Waals surface area contributed by atoms with Crippen LogP contribution >= 0.6 is 0 Å². The van der Waals surface area contributed by atoms with Gasteiger partial charge in [0.05, 0.1) is 11.7 Å². The van der Waals surface area contributed by atoms with E-state index in [1.54, 1.807) is 0 Å². The van der Waals surface area contributed by atoms with Crippen LogP contribution in [0.15, 0.2) is 4.79 Å². The maximum absolute atomic E-state index is 11.6. The molecule has 1 aliphatic carbocycles. The Hall–Kier alpha value is -1.16. The molecule has 3 rings (SSSR count). The van der Waals surface area contributed by atoms with Gasteiger partial charge in [-0.05, 0) is 50.1 Å². The van der Waals surface area contributed by atoms with Gasteiger partial charge in [-0.25, -0.2) is 4.79 Å². The molecule has 2 unspecified atom stereocenters. The van der Waals surface area contributed by atoms with Crippen molar-refractivity contribution in [1.29, 1.82) is 0 Å². The zero-order valence-corrected chi connectivity index (χ0v) is 10.3. The Morgan fingerprint density at radius 1 is 1.35 bits per heavy atom. The minimum absolute atomic E-state index is 0.179. The number of nitrogens with one attached hydrogen (secondary N) is 2. The highest BCUT2D eigenvalue weighted by molar-refractivity contribution is 5.30. The van der Waals surface area contributed by atoms with Crippen LogP contribution in [0.2, 0.25) is 0 Å². The molecule has 1 fully saturated rings. The van der Waals surface area contributed by atoms with Crippen molar-refractivity contribution < 1.29 is 0 Å². The Kier molecular flexibility index (Phi) is 2.74. The summed E-state index contributed by atoms with van der Waals surface area (Å²) in [5.41, 5.74) is 3.28. The van der Waals surface area contributed by atoms with Crippen LogP contribution in [0.1, 0.15) is 49.2 Å². The Morgan fingerprint density at radius 2 is 2.24 bits per heavy atom. The predicted molar refractivity (Wildman–Crippen MR) is 66.0 cm³/mol. The molecule has 0 spiro atoms. The zero-order chi connectivity index (χ0) is 11.8. The highest BCUT2D eigenvalue weighted by Crippen LogP contribution is 2.30. The fourth-order valence-electron chi connectivity index (χ4n) is 3.05. The Labute approximate surface area is 101 Å². The molecule has 0 amide bonds. The largest absolute Gasteiger partial charge is 0.345 e. The van der Waals surface area contributed by atoms with Crippen LogP contribution in [0.5, 0.6) is 0 Å². The van der Waals surface area contributed by atoms with Crippen LogP contribution in [-0.4, -0.2) is 16.5 Å². The van der Waals surface area contributed by atoms with E-state index < -0.39 is 0 Å². The van der Waals surface area contributed by atoms with Gasteiger partial charge in [0.15, 0.2) is 0 Å². The fourth-order valence-corrected chi connectivity index (χ4v) is 3.05. The van der Waals surface area contributed by atoms with Crippen LogP contribution in [0.25, 0.3) is 0 Å². The third-order valence-corrected chi connectivity index (χ3v) is 3.98. The smallest absolute Gasteiger partial charge is 0.310 e. The fraction of sp³-hybridized carbons (Fsp3) is 0.692. The number of H-pyrrole nitrogens is 1. The van der Waals surface area contributed by atoms with Crippen LogP contribution < -0.4 is 11.0 Å². The summed E-state index contributed by atoms with van der Waals surface area (Å²) in [7, 11) is 0. The summed E-state index contributed by atoms with van der Waals surface area (Å²) < 4.78 is 0. The number of rotatable bonds is 1. The van der Waals surface area contributed by atoms with Crippen LogP contribution in [0, 0.1) is 5.92 Å². The lowest BCUT2D eigenvalue weighted by atomic mass is 9.85. The van der Waals surface area contributed by atoms with E-state index in [2.05, 4.69) is 22.2 Å². The zero-order valence-electron chi connectivity index (χ0n) is 10.3. The van der Waals surface area contributed by atoms with Crippen molar-refractivity contribution in [2.75, 3.05) is 6.54 Å². The van der Waals surface area contributed by atoms with Crippen LogP contribution in [0.4, 0.5) is 0 Å². The lowest BCUT2D eigenvalue weighted by molar-refractivity contribution is 0.477. The molecule has 2 heterocycles. The van der Waals surface area contributed by atoms with Gasteiger partial charge in [0, 0.05) is 5.69 Å². The van der Waals surface area contributed by atoms with E-state index in [0.29, 0.717) is 12.0 Å². The molecule has 92 valence electrons. The van der Waals surface area contributed by atoms with Crippen molar-refractivity contribution >= 4 is 0 Å². The Balaban J connectivity index is 2.06. The number of fused-ring (bicyclic) bond motifs is 1. The van der Waals surface area contributed by atoms with Gasteiger partial charge in [-0.1, -0.05) is 6.92 Å². The van der Waals surface area contributed by atoms with E-state index in [4.69, 9.17) is 0 Å². The topological polar surface area (TPSA) is 57.8 Å². The first-order valence-corrected chi connectivity index (χ1v) is 6.59. The monoisotopic (exact) mass is 233 g/mol. The second-order valence-corrected chi connectivity index (χ2v) is 5.38. The second-order valence-electron chi connectivity index (χ2n) is 5.38. The molecular formula is C13H19N3O. The standard InChI is InChI=1S/C13H19N3O/c1-8-4-5-10-9(7-8)12(16-13(17)15-10)11-3-2-6-14-11/h8,11,14H,2-7H2,1H3,(H,15,16,17). The lowest BCUT2D eigenvalue weighted by Crippen LogP contribution is -2.27. The maximum atomic E-state index is 11.6. The van der Waals surface area contributed by atoms with E-state index >= 15 is 0 Å². The van der Waals surface area contributed by atoms with Gasteiger partial charge in [0.25, 0.3) is 0 Å². The molecule has 2 atom stereocenters. The molecule has 0 aromatic carbocycles. The van der Waals surface area contributed by atoms with Gasteiger partial charge >= 0.3 is 5.69 Å². The molecular weight excluding hydrogens is 214 g/mol. The summed E-state index contributed by atoms with van der Waals surface area (Å²) in [5, 5.41) is 3.45. The van der Waals surface area contributed by atoms with Gasteiger partial charge in [-0.2, -0.15) is 4.98 Å². The number of nitrogens with zero attached hydrogens (tertiary/aromatic N) is 1. The van der Waals surface area contributed by atoms with Gasteiger partial charge in [0.2, 0.25) is 0 Å². The minimum atomic E-state index is -0.179. The number of aromatic amines is 1. The van der Waals surface area contributed by atoms with E-state index in [9.17, 15) is 4.79 Å². The van der Waals surface area contributed by atoms with E-state index in [1.807, 2.05) is 0 Å². The van der Waals surface area contributed by atoms with E-state index in [-0.39, 0.29) is 5.69 Å². The predicted octanol–water partition coefficient (Wildman–Crippen LogP) is 1.32. The summed E-state index contributed by atoms with van der Waals surface area (Å²) in [6, 6.07) is 0.302. The molecule has 4 heteroatoms. The van der Waals surface area contributed by atoms with Crippen molar-refractivity contribution in [3.8, 4) is 0 Å². The molecule has 1 saturated heterocycles. The average Bonchev–Trinajstić information content (AvgIpc) is 2.82. The van der Waals surface area contributed by atoms with Crippen LogP contribution in [0.3, 0.4) is 0 Å². The average molecular weight is 233 g/mol. The number of aryl methyl sites for hydroxylation is 1. The van der Waals surface area contributed by atoms with Crippen LogP contribution in [-0.2, 0) is 12.8 Å². The van der Waals surface area contributed by atoms with Crippen molar-refractivity contribution in [3.63, 3.8) is 0 Å². The summed E-state index contributed by atoms with van der Waals surface area (Å²) in [6.07, 6.45) is 5.52. The Morgan fingerprint density at radius 3 is 3.00 bits per heavy atom. The molecule has 2 N–H and O–H groups in total. The molecule has 0 saturated carbocycles. The summed E-state index contributed by atoms with van der Waals surface area (Å²) in [5.74, 6) is 0.704. The van der Waals surface area contributed by atoms with Gasteiger partial charge < -0.3 is 10.3 Å². The van der Waals surface area contributed by atoms with Gasteiger partial charge in [0.1, 0.15) is 0 Å². The SMILES string of the molecule is CC1CCc2[nH]c(=O)nc(C3CCCN3)c2C1. The third-order valence-electron chi connectivity index (χ3n) is 3.98. The molecule has 0 radical (unpaired) electrons. The van der Waals surface area contributed by atoms with Crippen molar-refractivity contribution in [2.45, 2.75) is 45.1 Å². The first-order valence-electron chi connectivity index (χ1n) is 6.59. The van der Waals surface area contributed by atoms with Gasteiger partial charge in [-0.3, -0.25) is 0 Å². The summed E-state index contributed by atoms with van der Waals surface area (Å²) in [6.45, 7) is 3.32. The molecule has 1 aromatic rings. The van der Waals surface area contributed by atoms with Crippen molar-refractivity contribution in [1.82, 2.24) is 15.3 Å². The molecule has 4 nitrogen and oxygen atoms in total. The number of hydrogen-bond acceptors (Lipinski definition) is 3. The number of aromatic nitrogens is 2. The quantitative estimate of drug-likeness (QED) is 0.769. The summed E-state index contributed by atoms with van der Waals surface area (Å²) in [4.78, 5) is 18.8. The Bertz CT molecular complexity index is 474. The lowest BCUT2D eigenvalue weighted by Gasteiger charge is -2.24. The van der Waals surface area contributed by atoms with Gasteiger partial charge in [-0.15, -0.1) is 0 Å². The molecule has 2 aliphatic rings. The highest BCUT2D eigenvalue weighted by Gasteiger charge is 2.26. The molecule has 0 bridgehead atoms. The minimum Gasteiger partial charge on any atom is -0.310 e. The summed E-state index contributed by atoms with van der Waals surface area (Å²) >= 11 is 0. The highest BCUT2D eigenvalue weighted by atomic mass is 16.1.